The minimum absolute atomic E-state index is 0.117. The van der Waals surface area contributed by atoms with Gasteiger partial charge in [-0.05, 0) is 0 Å². The zero-order valence-corrected chi connectivity index (χ0v) is 7.32. The number of carbonyl (C=O) groups is 1. The Morgan fingerprint density at radius 2 is 1.89 bits per heavy atom. The van der Waals surface area contributed by atoms with Crippen molar-refractivity contribution in [2.24, 2.45) is 0 Å². The molecular formula is C6H13O2P. The van der Waals surface area contributed by atoms with Gasteiger partial charge in [-0.15, -0.1) is 0 Å². The maximum Gasteiger partial charge on any atom is 0.305 e. The average Bonchev–Trinajstić information content (AvgIpc) is 1.59. The predicted octanol–water partition coefficient (Wildman–Crippen LogP) is 1.94. The number of hydrogen-bond donors (Lipinski definition) is 0. The molecule has 0 fully saturated rings. The van der Waals surface area contributed by atoms with Gasteiger partial charge in [0, 0.05) is 12.1 Å². The van der Waals surface area contributed by atoms with Gasteiger partial charge >= 0.3 is 5.97 Å². The molecule has 2 nitrogen and oxygen atoms in total. The van der Waals surface area contributed by atoms with E-state index in [2.05, 4.69) is 0 Å². The van der Waals surface area contributed by atoms with E-state index in [9.17, 15) is 4.79 Å². The van der Waals surface area contributed by atoms with E-state index in [1.807, 2.05) is 20.8 Å². The molecule has 0 aliphatic rings. The Bertz CT molecular complexity index is 104. The molecule has 9 heavy (non-hydrogen) atoms. The van der Waals surface area contributed by atoms with Crippen LogP contribution in [-0.2, 0) is 9.32 Å². The first-order chi connectivity index (χ1) is 3.92. The summed E-state index contributed by atoms with van der Waals surface area (Å²) in [6.45, 7) is 7.54. The van der Waals surface area contributed by atoms with Crippen LogP contribution in [0.1, 0.15) is 27.7 Å². The fourth-order valence-electron chi connectivity index (χ4n) is 0.225. The first-order valence-electron chi connectivity index (χ1n) is 2.86. The van der Waals surface area contributed by atoms with Crippen LogP contribution in [0.4, 0.5) is 0 Å². The van der Waals surface area contributed by atoms with Crippen LogP contribution in [0.5, 0.6) is 0 Å². The first kappa shape index (κ1) is 8.90. The van der Waals surface area contributed by atoms with E-state index < -0.39 is 0 Å². The van der Waals surface area contributed by atoms with Crippen LogP contribution >= 0.6 is 8.81 Å². The number of rotatable bonds is 1. The molecule has 0 saturated heterocycles. The summed E-state index contributed by atoms with van der Waals surface area (Å²) < 4.78 is 4.80. The highest BCUT2D eigenvalue weighted by Crippen LogP contribution is 2.30. The van der Waals surface area contributed by atoms with Crippen LogP contribution in [0.15, 0.2) is 0 Å². The Balaban J connectivity index is 3.39. The van der Waals surface area contributed by atoms with E-state index >= 15 is 0 Å². The lowest BCUT2D eigenvalue weighted by Crippen LogP contribution is -2.06. The van der Waals surface area contributed by atoms with Crippen LogP contribution in [-0.4, -0.2) is 11.1 Å². The molecule has 0 aromatic carbocycles. The van der Waals surface area contributed by atoms with Crippen molar-refractivity contribution in [3.05, 3.63) is 0 Å². The topological polar surface area (TPSA) is 26.3 Å². The smallest absolute Gasteiger partial charge is 0.305 e. The molecule has 0 N–H and O–H groups in total. The molecule has 0 spiro atoms. The van der Waals surface area contributed by atoms with E-state index in [1.54, 1.807) is 0 Å². The number of carbonyl (C=O) groups excluding carboxylic acids is 1. The summed E-state index contributed by atoms with van der Waals surface area (Å²) in [6.07, 6.45) is 0. The Morgan fingerprint density at radius 3 is 2.00 bits per heavy atom. The Hall–Kier alpha value is -0.100. The molecule has 3 heteroatoms. The van der Waals surface area contributed by atoms with E-state index in [1.165, 1.54) is 6.92 Å². The van der Waals surface area contributed by atoms with Crippen LogP contribution in [0.25, 0.3) is 0 Å². The summed E-state index contributed by atoms with van der Waals surface area (Å²) in [4.78, 5) is 10.3. The van der Waals surface area contributed by atoms with Gasteiger partial charge in [-0.3, -0.25) is 4.79 Å². The fourth-order valence-corrected chi connectivity index (χ4v) is 0.675. The van der Waals surface area contributed by atoms with Gasteiger partial charge in [0.2, 0.25) is 0 Å². The minimum Gasteiger partial charge on any atom is -0.448 e. The maximum absolute atomic E-state index is 10.3. The van der Waals surface area contributed by atoms with Crippen LogP contribution in [0.2, 0.25) is 0 Å². The van der Waals surface area contributed by atoms with Gasteiger partial charge in [0.05, 0.1) is 8.81 Å². The molecule has 0 radical (unpaired) electrons. The van der Waals surface area contributed by atoms with Gasteiger partial charge < -0.3 is 4.52 Å². The van der Waals surface area contributed by atoms with E-state index in [0.29, 0.717) is 0 Å². The molecule has 0 bridgehead atoms. The Morgan fingerprint density at radius 1 is 1.44 bits per heavy atom. The summed E-state index contributed by atoms with van der Waals surface area (Å²) in [5, 5.41) is 0.117. The van der Waals surface area contributed by atoms with Crippen molar-refractivity contribution in [3.63, 3.8) is 0 Å². The van der Waals surface area contributed by atoms with Crippen molar-refractivity contribution in [1.82, 2.24) is 0 Å². The largest absolute Gasteiger partial charge is 0.448 e. The van der Waals surface area contributed by atoms with Gasteiger partial charge in [-0.2, -0.15) is 0 Å². The third kappa shape index (κ3) is 7.90. The van der Waals surface area contributed by atoms with Crippen molar-refractivity contribution in [3.8, 4) is 0 Å². The van der Waals surface area contributed by atoms with Crippen molar-refractivity contribution in [2.75, 3.05) is 0 Å². The van der Waals surface area contributed by atoms with Crippen LogP contribution in [0, 0.1) is 0 Å². The zero-order valence-electron chi connectivity index (χ0n) is 6.32. The lowest BCUT2D eigenvalue weighted by molar-refractivity contribution is -0.131. The van der Waals surface area contributed by atoms with Gasteiger partial charge in [-0.1, -0.05) is 20.8 Å². The van der Waals surface area contributed by atoms with Crippen molar-refractivity contribution < 1.29 is 9.32 Å². The predicted molar refractivity (Wildman–Crippen MR) is 39.8 cm³/mol. The second kappa shape index (κ2) is 3.17. The van der Waals surface area contributed by atoms with Gasteiger partial charge in [0.25, 0.3) is 0 Å². The molecule has 0 heterocycles. The van der Waals surface area contributed by atoms with Gasteiger partial charge in [0.15, 0.2) is 0 Å². The lowest BCUT2D eigenvalue weighted by atomic mass is 10.3. The SMILES string of the molecule is CC(=O)OPC(C)(C)C. The minimum atomic E-state index is -0.191. The van der Waals surface area contributed by atoms with E-state index in [4.69, 9.17) is 4.52 Å². The molecule has 54 valence electrons. The zero-order chi connectivity index (χ0) is 7.49. The second-order valence-electron chi connectivity index (χ2n) is 2.95. The van der Waals surface area contributed by atoms with E-state index in [0.717, 1.165) is 0 Å². The fraction of sp³-hybridized carbons (Fsp3) is 0.833. The van der Waals surface area contributed by atoms with Crippen molar-refractivity contribution in [2.45, 2.75) is 32.9 Å². The summed E-state index contributed by atoms with van der Waals surface area (Å²) in [6, 6.07) is 0. The second-order valence-corrected chi connectivity index (χ2v) is 4.85. The van der Waals surface area contributed by atoms with Crippen molar-refractivity contribution >= 4 is 14.8 Å². The molecular weight excluding hydrogens is 135 g/mol. The molecule has 0 aromatic rings. The normalized spacial score (nSPS) is 12.4. The molecule has 0 aliphatic heterocycles. The molecule has 0 rings (SSSR count). The highest BCUT2D eigenvalue weighted by molar-refractivity contribution is 7.34. The number of hydrogen-bond acceptors (Lipinski definition) is 2. The molecule has 1 atom stereocenters. The van der Waals surface area contributed by atoms with Crippen LogP contribution < -0.4 is 0 Å². The first-order valence-corrected chi connectivity index (χ1v) is 3.77. The molecule has 1 unspecified atom stereocenters. The maximum atomic E-state index is 10.3. The highest BCUT2D eigenvalue weighted by Gasteiger charge is 2.11. The Labute approximate surface area is 57.8 Å². The van der Waals surface area contributed by atoms with Gasteiger partial charge in [-0.25, -0.2) is 0 Å². The standard InChI is InChI=1S/C6H13O2P/c1-5(7)8-9-6(2,3)4/h9H,1-4H3. The summed E-state index contributed by atoms with van der Waals surface area (Å²) >= 11 is 0. The summed E-state index contributed by atoms with van der Waals surface area (Å²) in [5.41, 5.74) is 0. The van der Waals surface area contributed by atoms with Crippen LogP contribution in [0.3, 0.4) is 0 Å². The lowest BCUT2D eigenvalue weighted by Gasteiger charge is -2.15. The summed E-state index contributed by atoms with van der Waals surface area (Å²) in [7, 11) is 0.272. The molecule has 0 amide bonds. The molecule has 0 aromatic heterocycles. The Kier molecular flexibility index (Phi) is 3.13. The molecule has 0 aliphatic carbocycles. The molecule has 0 saturated carbocycles. The monoisotopic (exact) mass is 148 g/mol. The van der Waals surface area contributed by atoms with Crippen molar-refractivity contribution in [1.29, 1.82) is 0 Å². The highest BCUT2D eigenvalue weighted by atomic mass is 31.1. The summed E-state index contributed by atoms with van der Waals surface area (Å²) in [5.74, 6) is -0.191. The van der Waals surface area contributed by atoms with E-state index in [-0.39, 0.29) is 19.9 Å². The quantitative estimate of drug-likeness (QED) is 0.531. The average molecular weight is 148 g/mol. The van der Waals surface area contributed by atoms with Gasteiger partial charge in [0.1, 0.15) is 0 Å². The third-order valence-corrected chi connectivity index (χ3v) is 1.50. The third-order valence-electron chi connectivity index (χ3n) is 0.501.